The highest BCUT2D eigenvalue weighted by atomic mass is 16.6. The summed E-state index contributed by atoms with van der Waals surface area (Å²) in [6.45, 7) is 18.6. The summed E-state index contributed by atoms with van der Waals surface area (Å²) >= 11 is 0. The van der Waals surface area contributed by atoms with Crippen LogP contribution in [0, 0.1) is 5.92 Å². The van der Waals surface area contributed by atoms with Crippen molar-refractivity contribution in [2.24, 2.45) is 5.92 Å². The molecular formula is C19H38O6. The van der Waals surface area contributed by atoms with Gasteiger partial charge in [0.15, 0.2) is 0 Å². The maximum Gasteiger partial charge on any atom is 0.0704 e. The lowest BCUT2D eigenvalue weighted by Gasteiger charge is -2.10. The van der Waals surface area contributed by atoms with Gasteiger partial charge in [-0.05, 0) is 25.3 Å². The van der Waals surface area contributed by atoms with Crippen LogP contribution < -0.4 is 0 Å². The minimum atomic E-state index is 0.249. The van der Waals surface area contributed by atoms with E-state index in [2.05, 4.69) is 20.4 Å². The summed E-state index contributed by atoms with van der Waals surface area (Å²) in [7, 11) is 0. The Hall–Kier alpha value is -0.500. The molecule has 0 spiro atoms. The smallest absolute Gasteiger partial charge is 0.0704 e. The molecule has 0 aliphatic carbocycles. The van der Waals surface area contributed by atoms with E-state index in [9.17, 15) is 0 Å². The molecule has 0 aromatic carbocycles. The fourth-order valence-corrected chi connectivity index (χ4v) is 1.59. The van der Waals surface area contributed by atoms with Gasteiger partial charge in [-0.1, -0.05) is 20.4 Å². The zero-order valence-electron chi connectivity index (χ0n) is 16.6. The van der Waals surface area contributed by atoms with Crippen molar-refractivity contribution in [1.29, 1.82) is 0 Å². The van der Waals surface area contributed by atoms with E-state index in [0.29, 0.717) is 78.6 Å². The molecule has 25 heavy (non-hydrogen) atoms. The monoisotopic (exact) mass is 362 g/mol. The molecule has 0 aromatic rings. The molecule has 0 rings (SSSR count). The van der Waals surface area contributed by atoms with Crippen LogP contribution in [0.2, 0.25) is 0 Å². The molecule has 0 N–H and O–H groups in total. The van der Waals surface area contributed by atoms with Crippen molar-refractivity contribution in [3.8, 4) is 0 Å². The normalized spacial score (nSPS) is 11.6. The molecule has 0 heterocycles. The second-order valence-electron chi connectivity index (χ2n) is 6.23. The molecule has 0 saturated heterocycles. The van der Waals surface area contributed by atoms with E-state index in [4.69, 9.17) is 28.4 Å². The zero-order chi connectivity index (χ0) is 18.8. The van der Waals surface area contributed by atoms with Gasteiger partial charge in [-0.25, -0.2) is 0 Å². The van der Waals surface area contributed by atoms with Crippen LogP contribution >= 0.6 is 0 Å². The van der Waals surface area contributed by atoms with E-state index in [1.807, 2.05) is 13.8 Å². The van der Waals surface area contributed by atoms with Crippen LogP contribution in [0.3, 0.4) is 0 Å². The van der Waals surface area contributed by atoms with Crippen molar-refractivity contribution in [2.45, 2.75) is 33.8 Å². The quantitative estimate of drug-likeness (QED) is 0.260. The fourth-order valence-electron chi connectivity index (χ4n) is 1.59. The third kappa shape index (κ3) is 19.7. The number of rotatable bonds is 19. The Morgan fingerprint density at radius 3 is 1.32 bits per heavy atom. The highest BCUT2D eigenvalue weighted by Gasteiger charge is 1.99. The van der Waals surface area contributed by atoms with Gasteiger partial charge in [0.1, 0.15) is 0 Å². The second-order valence-corrected chi connectivity index (χ2v) is 6.23. The lowest BCUT2D eigenvalue weighted by atomic mass is 10.1. The first-order valence-electron chi connectivity index (χ1n) is 9.22. The highest BCUT2D eigenvalue weighted by molar-refractivity contribution is 4.97. The van der Waals surface area contributed by atoms with Gasteiger partial charge in [0.25, 0.3) is 0 Å². The van der Waals surface area contributed by atoms with Crippen molar-refractivity contribution >= 4 is 0 Å². The van der Waals surface area contributed by atoms with E-state index in [0.717, 1.165) is 5.57 Å². The van der Waals surface area contributed by atoms with Gasteiger partial charge in [0.05, 0.1) is 78.8 Å². The number of hydrogen-bond donors (Lipinski definition) is 0. The van der Waals surface area contributed by atoms with E-state index in [-0.39, 0.29) is 6.10 Å². The number of ether oxygens (including phenoxy) is 6. The van der Waals surface area contributed by atoms with E-state index in [1.54, 1.807) is 0 Å². The first-order chi connectivity index (χ1) is 12.0. The van der Waals surface area contributed by atoms with Gasteiger partial charge >= 0.3 is 0 Å². The lowest BCUT2D eigenvalue weighted by Crippen LogP contribution is -2.15. The summed E-state index contributed by atoms with van der Waals surface area (Å²) in [4.78, 5) is 0. The summed E-state index contributed by atoms with van der Waals surface area (Å²) in [6.07, 6.45) is 0.249. The molecule has 0 amide bonds. The zero-order valence-corrected chi connectivity index (χ0v) is 16.6. The molecule has 0 fully saturated rings. The summed E-state index contributed by atoms with van der Waals surface area (Å²) in [5.74, 6) is 0.460. The predicted octanol–water partition coefficient (Wildman–Crippen LogP) is 2.71. The molecule has 0 atom stereocenters. The van der Waals surface area contributed by atoms with Crippen LogP contribution in [0.4, 0.5) is 0 Å². The molecule has 6 nitrogen and oxygen atoms in total. The summed E-state index contributed by atoms with van der Waals surface area (Å²) in [5.41, 5.74) is 1.11. The van der Waals surface area contributed by atoms with Crippen LogP contribution in [0.1, 0.15) is 27.7 Å². The second kappa shape index (κ2) is 18.3. The van der Waals surface area contributed by atoms with Gasteiger partial charge in [0.2, 0.25) is 0 Å². The molecule has 150 valence electrons. The molecule has 0 aliphatic heterocycles. The van der Waals surface area contributed by atoms with Crippen LogP contribution in [0.15, 0.2) is 12.2 Å². The Labute approximate surface area is 153 Å². The molecule has 6 heteroatoms. The van der Waals surface area contributed by atoms with Crippen LogP contribution in [-0.2, 0) is 28.4 Å². The third-order valence-electron chi connectivity index (χ3n) is 3.27. The van der Waals surface area contributed by atoms with Crippen molar-refractivity contribution in [1.82, 2.24) is 0 Å². The van der Waals surface area contributed by atoms with Crippen molar-refractivity contribution in [2.75, 3.05) is 72.7 Å². The average Bonchev–Trinajstić information content (AvgIpc) is 2.57. The summed E-state index contributed by atoms with van der Waals surface area (Å²) in [6, 6.07) is 0. The summed E-state index contributed by atoms with van der Waals surface area (Å²) in [5, 5.41) is 0. The van der Waals surface area contributed by atoms with Crippen LogP contribution in [0.5, 0.6) is 0 Å². The van der Waals surface area contributed by atoms with Gasteiger partial charge in [-0.3, -0.25) is 0 Å². The maximum atomic E-state index is 5.47. The van der Waals surface area contributed by atoms with E-state index in [1.165, 1.54) is 0 Å². The van der Waals surface area contributed by atoms with E-state index < -0.39 is 0 Å². The first-order valence-corrected chi connectivity index (χ1v) is 9.22. The van der Waals surface area contributed by atoms with Crippen molar-refractivity contribution in [3.05, 3.63) is 12.2 Å². The molecule has 0 aromatic heterocycles. The standard InChI is InChI=1S/C19H38O6/c1-17(2)19(5)16-24-13-12-22-9-8-20-6-7-21-10-11-23-14-15-25-18(3)4/h17-18H,5-16H2,1-4H3. The van der Waals surface area contributed by atoms with Gasteiger partial charge < -0.3 is 28.4 Å². The van der Waals surface area contributed by atoms with Crippen LogP contribution in [0.25, 0.3) is 0 Å². The van der Waals surface area contributed by atoms with Gasteiger partial charge in [-0.15, -0.1) is 0 Å². The summed E-state index contributed by atoms with van der Waals surface area (Å²) < 4.78 is 32.5. The lowest BCUT2D eigenvalue weighted by molar-refractivity contribution is -0.0207. The molecule has 0 bridgehead atoms. The van der Waals surface area contributed by atoms with Crippen molar-refractivity contribution in [3.63, 3.8) is 0 Å². The predicted molar refractivity (Wildman–Crippen MR) is 99.2 cm³/mol. The molecule has 0 radical (unpaired) electrons. The van der Waals surface area contributed by atoms with Gasteiger partial charge in [0, 0.05) is 0 Å². The third-order valence-corrected chi connectivity index (χ3v) is 3.27. The Bertz CT molecular complexity index is 294. The first kappa shape index (κ1) is 24.5. The minimum absolute atomic E-state index is 0.249. The Kier molecular flexibility index (Phi) is 17.9. The Balaban J connectivity index is 3.06. The average molecular weight is 363 g/mol. The largest absolute Gasteiger partial charge is 0.377 e. The minimum Gasteiger partial charge on any atom is -0.377 e. The number of hydrogen-bond acceptors (Lipinski definition) is 6. The van der Waals surface area contributed by atoms with Crippen molar-refractivity contribution < 1.29 is 28.4 Å². The molecule has 0 unspecified atom stereocenters. The van der Waals surface area contributed by atoms with E-state index >= 15 is 0 Å². The molecular weight excluding hydrogens is 324 g/mol. The van der Waals surface area contributed by atoms with Gasteiger partial charge in [-0.2, -0.15) is 0 Å². The fraction of sp³-hybridized carbons (Fsp3) is 0.895. The Morgan fingerprint density at radius 1 is 0.600 bits per heavy atom. The SMILES string of the molecule is C=C(COCCOCCOCCOCCOCCOC(C)C)C(C)C. The molecule has 0 aliphatic rings. The topological polar surface area (TPSA) is 55.4 Å². The molecule has 0 saturated carbocycles. The highest BCUT2D eigenvalue weighted by Crippen LogP contribution is 2.05. The Morgan fingerprint density at radius 2 is 0.960 bits per heavy atom. The maximum absolute atomic E-state index is 5.47. The van der Waals surface area contributed by atoms with Crippen LogP contribution in [-0.4, -0.2) is 78.8 Å².